The summed E-state index contributed by atoms with van der Waals surface area (Å²) in [6.45, 7) is 0. The Hall–Kier alpha value is -1.27. The number of ether oxygens (including phenoxy) is 1. The molecule has 100 valence electrons. The average Bonchev–Trinajstić information content (AvgIpc) is 2.33. The van der Waals surface area contributed by atoms with Gasteiger partial charge in [0, 0.05) is 10.5 Å². The minimum atomic E-state index is -4.51. The summed E-state index contributed by atoms with van der Waals surface area (Å²) in [6.07, 6.45) is -4.51. The standard InChI is InChI=1S/C12H6BrClF3NO/c13-7-4-5-8(14)9(6-7)19-11-3-1-2-10(18-11)12(15,16)17/h1-6H. The van der Waals surface area contributed by atoms with E-state index in [1.54, 1.807) is 18.2 Å². The maximum absolute atomic E-state index is 12.5. The molecule has 0 bridgehead atoms. The predicted molar refractivity (Wildman–Crippen MR) is 68.5 cm³/mol. The third kappa shape index (κ3) is 3.61. The molecular formula is C12H6BrClF3NO. The lowest BCUT2D eigenvalue weighted by molar-refractivity contribution is -0.141. The summed E-state index contributed by atoms with van der Waals surface area (Å²) in [5.74, 6) is 0.0534. The van der Waals surface area contributed by atoms with E-state index in [-0.39, 0.29) is 16.7 Å². The van der Waals surface area contributed by atoms with Gasteiger partial charge in [0.1, 0.15) is 11.4 Å². The Labute approximate surface area is 120 Å². The van der Waals surface area contributed by atoms with Crippen molar-refractivity contribution in [3.05, 3.63) is 51.6 Å². The van der Waals surface area contributed by atoms with Crippen molar-refractivity contribution in [3.63, 3.8) is 0 Å². The molecule has 1 heterocycles. The van der Waals surface area contributed by atoms with E-state index < -0.39 is 11.9 Å². The molecule has 7 heteroatoms. The Bertz CT molecular complexity index is 604. The zero-order chi connectivity index (χ0) is 14.0. The number of nitrogens with zero attached hydrogens (tertiary/aromatic N) is 1. The number of benzene rings is 1. The SMILES string of the molecule is FC(F)(F)c1cccc(Oc2cc(Br)ccc2Cl)n1. The number of hydrogen-bond acceptors (Lipinski definition) is 2. The smallest absolute Gasteiger partial charge is 0.433 e. The molecule has 0 unspecified atom stereocenters. The van der Waals surface area contributed by atoms with Crippen LogP contribution in [0.4, 0.5) is 13.2 Å². The van der Waals surface area contributed by atoms with Gasteiger partial charge in [-0.2, -0.15) is 13.2 Å². The van der Waals surface area contributed by atoms with Crippen molar-refractivity contribution in [2.24, 2.45) is 0 Å². The normalized spacial score (nSPS) is 11.4. The van der Waals surface area contributed by atoms with Crippen molar-refractivity contribution in [2.45, 2.75) is 6.18 Å². The first kappa shape index (κ1) is 14.1. The summed E-state index contributed by atoms with van der Waals surface area (Å²) < 4.78 is 43.4. The van der Waals surface area contributed by atoms with Crippen LogP contribution in [0, 0.1) is 0 Å². The molecule has 0 fully saturated rings. The molecule has 19 heavy (non-hydrogen) atoms. The van der Waals surface area contributed by atoms with Gasteiger partial charge in [-0.05, 0) is 24.3 Å². The van der Waals surface area contributed by atoms with Gasteiger partial charge in [0.15, 0.2) is 0 Å². The van der Waals surface area contributed by atoms with Crippen LogP contribution in [-0.2, 0) is 6.18 Å². The third-order valence-corrected chi connectivity index (χ3v) is 2.93. The number of aromatic nitrogens is 1. The van der Waals surface area contributed by atoms with E-state index in [0.717, 1.165) is 6.07 Å². The molecule has 0 spiro atoms. The summed E-state index contributed by atoms with van der Waals surface area (Å²) in [5, 5.41) is 0.280. The number of pyridine rings is 1. The minimum absolute atomic E-state index is 0.171. The van der Waals surface area contributed by atoms with E-state index in [2.05, 4.69) is 20.9 Å². The largest absolute Gasteiger partial charge is 0.437 e. The highest BCUT2D eigenvalue weighted by molar-refractivity contribution is 9.10. The molecule has 0 saturated heterocycles. The van der Waals surface area contributed by atoms with Crippen LogP contribution in [0.3, 0.4) is 0 Å². The lowest BCUT2D eigenvalue weighted by Gasteiger charge is -2.10. The Morgan fingerprint density at radius 3 is 2.58 bits per heavy atom. The maximum Gasteiger partial charge on any atom is 0.433 e. The van der Waals surface area contributed by atoms with Gasteiger partial charge in [0.2, 0.25) is 5.88 Å². The Kier molecular flexibility index (Phi) is 4.01. The predicted octanol–water partition coefficient (Wildman–Crippen LogP) is 5.31. The van der Waals surface area contributed by atoms with Crippen LogP contribution in [0.5, 0.6) is 11.6 Å². The fourth-order valence-electron chi connectivity index (χ4n) is 1.30. The zero-order valence-corrected chi connectivity index (χ0v) is 11.6. The molecule has 2 aromatic rings. The Balaban J connectivity index is 2.31. The number of rotatable bonds is 2. The number of alkyl halides is 3. The number of hydrogen-bond donors (Lipinski definition) is 0. The lowest BCUT2D eigenvalue weighted by Crippen LogP contribution is -2.07. The fourth-order valence-corrected chi connectivity index (χ4v) is 1.79. The molecule has 2 nitrogen and oxygen atoms in total. The van der Waals surface area contributed by atoms with Crippen molar-refractivity contribution < 1.29 is 17.9 Å². The molecular weight excluding hydrogens is 346 g/mol. The van der Waals surface area contributed by atoms with E-state index in [1.165, 1.54) is 12.1 Å². The van der Waals surface area contributed by atoms with Crippen molar-refractivity contribution in [1.29, 1.82) is 0 Å². The molecule has 0 radical (unpaired) electrons. The molecule has 0 amide bonds. The van der Waals surface area contributed by atoms with Gasteiger partial charge in [0.25, 0.3) is 0 Å². The number of halogens is 5. The maximum atomic E-state index is 12.5. The first-order valence-electron chi connectivity index (χ1n) is 5.03. The highest BCUT2D eigenvalue weighted by atomic mass is 79.9. The van der Waals surface area contributed by atoms with Crippen LogP contribution in [0.2, 0.25) is 5.02 Å². The zero-order valence-electron chi connectivity index (χ0n) is 9.21. The monoisotopic (exact) mass is 351 g/mol. The Morgan fingerprint density at radius 1 is 1.16 bits per heavy atom. The van der Waals surface area contributed by atoms with Gasteiger partial charge >= 0.3 is 6.18 Å². The fraction of sp³-hybridized carbons (Fsp3) is 0.0833. The van der Waals surface area contributed by atoms with E-state index in [4.69, 9.17) is 16.3 Å². The Morgan fingerprint density at radius 2 is 1.89 bits per heavy atom. The van der Waals surface area contributed by atoms with Crippen molar-refractivity contribution in [1.82, 2.24) is 4.98 Å². The molecule has 0 atom stereocenters. The van der Waals surface area contributed by atoms with Gasteiger partial charge in [-0.15, -0.1) is 0 Å². The van der Waals surface area contributed by atoms with Gasteiger partial charge in [-0.3, -0.25) is 0 Å². The van der Waals surface area contributed by atoms with Crippen molar-refractivity contribution in [2.75, 3.05) is 0 Å². The molecule has 0 aliphatic heterocycles. The molecule has 1 aromatic carbocycles. The van der Waals surface area contributed by atoms with Gasteiger partial charge in [-0.1, -0.05) is 33.6 Å². The molecule has 0 aliphatic carbocycles. The second-order valence-corrected chi connectivity index (χ2v) is 4.86. The van der Waals surface area contributed by atoms with Crippen LogP contribution in [0.15, 0.2) is 40.9 Å². The molecule has 1 aromatic heterocycles. The third-order valence-electron chi connectivity index (χ3n) is 2.12. The van der Waals surface area contributed by atoms with E-state index >= 15 is 0 Å². The van der Waals surface area contributed by atoms with Crippen molar-refractivity contribution in [3.8, 4) is 11.6 Å². The molecule has 0 aliphatic rings. The van der Waals surface area contributed by atoms with Gasteiger partial charge < -0.3 is 4.74 Å². The summed E-state index contributed by atoms with van der Waals surface area (Å²) in [4.78, 5) is 3.39. The quantitative estimate of drug-likeness (QED) is 0.731. The first-order chi connectivity index (χ1) is 8.86. The summed E-state index contributed by atoms with van der Waals surface area (Å²) >= 11 is 9.10. The van der Waals surface area contributed by atoms with Crippen LogP contribution in [0.25, 0.3) is 0 Å². The van der Waals surface area contributed by atoms with E-state index in [0.29, 0.717) is 4.47 Å². The lowest BCUT2D eigenvalue weighted by atomic mass is 10.3. The van der Waals surface area contributed by atoms with Crippen LogP contribution in [-0.4, -0.2) is 4.98 Å². The van der Waals surface area contributed by atoms with Gasteiger partial charge in [0.05, 0.1) is 5.02 Å². The second-order valence-electron chi connectivity index (χ2n) is 3.54. The average molecular weight is 353 g/mol. The summed E-state index contributed by atoms with van der Waals surface area (Å²) in [7, 11) is 0. The molecule has 2 rings (SSSR count). The molecule has 0 saturated carbocycles. The summed E-state index contributed by atoms with van der Waals surface area (Å²) in [5.41, 5.74) is -1.02. The van der Waals surface area contributed by atoms with E-state index in [9.17, 15) is 13.2 Å². The van der Waals surface area contributed by atoms with E-state index in [1.807, 2.05) is 0 Å². The topological polar surface area (TPSA) is 22.1 Å². The highest BCUT2D eigenvalue weighted by Gasteiger charge is 2.32. The van der Waals surface area contributed by atoms with Gasteiger partial charge in [-0.25, -0.2) is 4.98 Å². The van der Waals surface area contributed by atoms with Crippen LogP contribution < -0.4 is 4.74 Å². The molecule has 0 N–H and O–H groups in total. The minimum Gasteiger partial charge on any atom is -0.437 e. The highest BCUT2D eigenvalue weighted by Crippen LogP contribution is 2.33. The second kappa shape index (κ2) is 5.38. The summed E-state index contributed by atoms with van der Waals surface area (Å²) in [6, 6.07) is 8.21. The van der Waals surface area contributed by atoms with Crippen LogP contribution >= 0.6 is 27.5 Å². The van der Waals surface area contributed by atoms with Crippen molar-refractivity contribution >= 4 is 27.5 Å². The van der Waals surface area contributed by atoms with Crippen LogP contribution in [0.1, 0.15) is 5.69 Å². The first-order valence-corrected chi connectivity index (χ1v) is 6.20.